The molecule has 21 heavy (non-hydrogen) atoms. The van der Waals surface area contributed by atoms with Gasteiger partial charge in [-0.25, -0.2) is 4.98 Å². The van der Waals surface area contributed by atoms with Gasteiger partial charge in [-0.05, 0) is 48.0 Å². The Morgan fingerprint density at radius 2 is 2.10 bits per heavy atom. The summed E-state index contributed by atoms with van der Waals surface area (Å²) in [6.45, 7) is 3.93. The van der Waals surface area contributed by atoms with Crippen LogP contribution in [0.1, 0.15) is 34.6 Å². The van der Waals surface area contributed by atoms with Gasteiger partial charge in [-0.1, -0.05) is 23.8 Å². The van der Waals surface area contributed by atoms with Crippen molar-refractivity contribution in [3.05, 3.63) is 57.8 Å². The number of nitrogens with one attached hydrogen (secondary N) is 1. The van der Waals surface area contributed by atoms with Crippen LogP contribution in [0.25, 0.3) is 0 Å². The zero-order valence-electron chi connectivity index (χ0n) is 12.2. The number of benzene rings is 1. The number of nitrogens with zero attached hydrogens (tertiary/aromatic N) is 1. The van der Waals surface area contributed by atoms with Gasteiger partial charge >= 0.3 is 0 Å². The lowest BCUT2D eigenvalue weighted by molar-refractivity contribution is 0.0934. The molecule has 110 valence electrons. The summed E-state index contributed by atoms with van der Waals surface area (Å²) in [6.07, 6.45) is 0. The Hall–Kier alpha value is -1.88. The van der Waals surface area contributed by atoms with Crippen molar-refractivity contribution in [2.24, 2.45) is 0 Å². The van der Waals surface area contributed by atoms with Crippen molar-refractivity contribution in [3.63, 3.8) is 0 Å². The zero-order valence-corrected chi connectivity index (χ0v) is 13.8. The summed E-state index contributed by atoms with van der Waals surface area (Å²) in [5.74, 6) is 0.544. The Kier molecular flexibility index (Phi) is 4.96. The maximum atomic E-state index is 12.2. The third-order valence-electron chi connectivity index (χ3n) is 3.15. The van der Waals surface area contributed by atoms with Crippen LogP contribution < -0.4 is 10.1 Å². The van der Waals surface area contributed by atoms with Crippen molar-refractivity contribution in [3.8, 4) is 5.75 Å². The van der Waals surface area contributed by atoms with Crippen LogP contribution in [-0.4, -0.2) is 18.0 Å². The summed E-state index contributed by atoms with van der Waals surface area (Å²) < 4.78 is 5.99. The fraction of sp³-hybridized carbons (Fsp3) is 0.250. The molecule has 1 aromatic heterocycles. The molecule has 0 aliphatic rings. The van der Waals surface area contributed by atoms with Gasteiger partial charge in [0.05, 0.1) is 13.2 Å². The van der Waals surface area contributed by atoms with Gasteiger partial charge in [0, 0.05) is 5.56 Å². The molecular formula is C16H17BrN2O2. The first-order chi connectivity index (χ1) is 10.0. The van der Waals surface area contributed by atoms with Crippen molar-refractivity contribution >= 4 is 21.8 Å². The van der Waals surface area contributed by atoms with Gasteiger partial charge < -0.3 is 10.1 Å². The molecule has 1 amide bonds. The van der Waals surface area contributed by atoms with Gasteiger partial charge in [0.2, 0.25) is 0 Å². The lowest BCUT2D eigenvalue weighted by Crippen LogP contribution is -2.27. The van der Waals surface area contributed by atoms with Crippen LogP contribution in [0.15, 0.2) is 41.0 Å². The number of carbonyl (C=O) groups excluding carboxylic acids is 1. The van der Waals surface area contributed by atoms with Crippen LogP contribution in [0.4, 0.5) is 0 Å². The van der Waals surface area contributed by atoms with E-state index in [4.69, 9.17) is 4.74 Å². The van der Waals surface area contributed by atoms with E-state index in [9.17, 15) is 4.79 Å². The molecular weight excluding hydrogens is 332 g/mol. The van der Waals surface area contributed by atoms with E-state index in [2.05, 4.69) is 26.2 Å². The third-order valence-corrected chi connectivity index (χ3v) is 3.59. The minimum Gasteiger partial charge on any atom is -0.496 e. The average molecular weight is 349 g/mol. The maximum Gasteiger partial charge on any atom is 0.270 e. The number of aromatic nitrogens is 1. The van der Waals surface area contributed by atoms with E-state index < -0.39 is 0 Å². The molecule has 1 atom stereocenters. The SMILES string of the molecule is COc1ccc(C)cc1C(C)NC(=O)c1cccc(Br)n1. The average Bonchev–Trinajstić information content (AvgIpc) is 2.47. The van der Waals surface area contributed by atoms with E-state index in [1.54, 1.807) is 25.3 Å². The van der Waals surface area contributed by atoms with Gasteiger partial charge in [0.25, 0.3) is 5.91 Å². The second-order valence-electron chi connectivity index (χ2n) is 4.79. The van der Waals surface area contributed by atoms with E-state index in [-0.39, 0.29) is 11.9 Å². The highest BCUT2D eigenvalue weighted by Gasteiger charge is 2.16. The number of ether oxygens (including phenoxy) is 1. The molecule has 0 saturated carbocycles. The minimum atomic E-state index is -0.215. The van der Waals surface area contributed by atoms with E-state index in [1.165, 1.54) is 0 Å². The summed E-state index contributed by atoms with van der Waals surface area (Å²) in [5.41, 5.74) is 2.44. The van der Waals surface area contributed by atoms with Gasteiger partial charge in [-0.2, -0.15) is 0 Å². The van der Waals surface area contributed by atoms with Crippen molar-refractivity contribution in [2.75, 3.05) is 7.11 Å². The molecule has 1 aromatic carbocycles. The monoisotopic (exact) mass is 348 g/mol. The molecule has 0 radical (unpaired) electrons. The molecule has 1 unspecified atom stereocenters. The highest BCUT2D eigenvalue weighted by atomic mass is 79.9. The molecule has 0 saturated heterocycles. The minimum absolute atomic E-state index is 0.173. The van der Waals surface area contributed by atoms with Gasteiger partial charge in [0.1, 0.15) is 16.0 Å². The van der Waals surface area contributed by atoms with Crippen LogP contribution in [0, 0.1) is 6.92 Å². The summed E-state index contributed by atoms with van der Waals surface area (Å²) in [4.78, 5) is 16.4. The number of hydrogen-bond donors (Lipinski definition) is 1. The predicted octanol–water partition coefficient (Wildman–Crippen LogP) is 3.65. The molecule has 1 N–H and O–H groups in total. The standard InChI is InChI=1S/C16H17BrN2O2/c1-10-7-8-14(21-3)12(9-10)11(2)18-16(20)13-5-4-6-15(17)19-13/h4-9,11H,1-3H3,(H,18,20). The fourth-order valence-corrected chi connectivity index (χ4v) is 2.42. The molecule has 2 aromatic rings. The van der Waals surface area contributed by atoms with Crippen molar-refractivity contribution in [1.29, 1.82) is 0 Å². The van der Waals surface area contributed by atoms with Gasteiger partial charge in [0.15, 0.2) is 0 Å². The summed E-state index contributed by atoms with van der Waals surface area (Å²) in [6, 6.07) is 11.0. The first kappa shape index (κ1) is 15.5. The lowest BCUT2D eigenvalue weighted by Gasteiger charge is -2.17. The van der Waals surface area contributed by atoms with Crippen molar-refractivity contribution in [2.45, 2.75) is 19.9 Å². The lowest BCUT2D eigenvalue weighted by atomic mass is 10.0. The number of pyridine rings is 1. The molecule has 0 spiro atoms. The topological polar surface area (TPSA) is 51.2 Å². The van der Waals surface area contributed by atoms with E-state index in [0.717, 1.165) is 16.9 Å². The number of carbonyl (C=O) groups is 1. The Balaban J connectivity index is 2.20. The van der Waals surface area contributed by atoms with Crippen molar-refractivity contribution < 1.29 is 9.53 Å². The maximum absolute atomic E-state index is 12.2. The second-order valence-corrected chi connectivity index (χ2v) is 5.60. The first-order valence-corrected chi connectivity index (χ1v) is 7.38. The van der Waals surface area contributed by atoms with Crippen LogP contribution in [0.2, 0.25) is 0 Å². The summed E-state index contributed by atoms with van der Waals surface area (Å²) >= 11 is 3.26. The van der Waals surface area contributed by atoms with Crippen LogP contribution in [0.5, 0.6) is 5.75 Å². The Morgan fingerprint density at radius 1 is 1.33 bits per heavy atom. The van der Waals surface area contributed by atoms with Crippen LogP contribution >= 0.6 is 15.9 Å². The summed E-state index contributed by atoms with van der Waals surface area (Å²) in [7, 11) is 1.62. The second kappa shape index (κ2) is 6.72. The Labute approximate surface area is 132 Å². The van der Waals surface area contributed by atoms with Gasteiger partial charge in [-0.3, -0.25) is 4.79 Å². The Morgan fingerprint density at radius 3 is 2.76 bits per heavy atom. The highest BCUT2D eigenvalue weighted by Crippen LogP contribution is 2.26. The van der Waals surface area contributed by atoms with E-state index >= 15 is 0 Å². The zero-order chi connectivity index (χ0) is 15.4. The highest BCUT2D eigenvalue weighted by molar-refractivity contribution is 9.10. The summed E-state index contributed by atoms with van der Waals surface area (Å²) in [5, 5.41) is 2.94. The number of hydrogen-bond acceptors (Lipinski definition) is 3. The first-order valence-electron chi connectivity index (χ1n) is 6.59. The molecule has 0 fully saturated rings. The molecule has 0 aliphatic heterocycles. The third kappa shape index (κ3) is 3.82. The molecule has 5 heteroatoms. The molecule has 0 bridgehead atoms. The van der Waals surface area contributed by atoms with Crippen molar-refractivity contribution in [1.82, 2.24) is 10.3 Å². The number of halogens is 1. The number of rotatable bonds is 4. The van der Waals surface area contributed by atoms with E-state index in [0.29, 0.717) is 10.3 Å². The van der Waals surface area contributed by atoms with E-state index in [1.807, 2.05) is 32.0 Å². The molecule has 4 nitrogen and oxygen atoms in total. The van der Waals surface area contributed by atoms with Crippen LogP contribution in [-0.2, 0) is 0 Å². The van der Waals surface area contributed by atoms with Crippen LogP contribution in [0.3, 0.4) is 0 Å². The normalized spacial score (nSPS) is 11.8. The number of methoxy groups -OCH3 is 1. The Bertz CT molecular complexity index is 658. The quantitative estimate of drug-likeness (QED) is 0.858. The molecule has 2 rings (SSSR count). The molecule has 1 heterocycles. The fourth-order valence-electron chi connectivity index (χ4n) is 2.08. The number of amides is 1. The largest absolute Gasteiger partial charge is 0.496 e. The smallest absolute Gasteiger partial charge is 0.270 e. The molecule has 0 aliphatic carbocycles. The number of aryl methyl sites for hydroxylation is 1. The van der Waals surface area contributed by atoms with Gasteiger partial charge in [-0.15, -0.1) is 0 Å². The predicted molar refractivity (Wildman–Crippen MR) is 85.5 cm³/mol.